The van der Waals surface area contributed by atoms with Gasteiger partial charge < -0.3 is 19.6 Å². The molecule has 0 aromatic carbocycles. The van der Waals surface area contributed by atoms with Crippen LogP contribution in [0.4, 0.5) is 4.79 Å². The Balaban J connectivity index is 2.47. The zero-order chi connectivity index (χ0) is 11.6. The second-order valence-electron chi connectivity index (χ2n) is 4.19. The fourth-order valence-corrected chi connectivity index (χ4v) is 0.935. The van der Waals surface area contributed by atoms with Crippen molar-refractivity contribution in [2.45, 2.75) is 26.4 Å². The number of hydrogen-bond donors (Lipinski definition) is 2. The molecule has 7 heteroatoms. The molecular weight excluding hydrogens is 201 g/mol. The largest absolute Gasteiger partial charge is 0.489 e. The minimum absolute atomic E-state index is 0.00736. The molecule has 6 nitrogen and oxygen atoms in total. The standard InChI is InChI=1S/C8H14BNO5/c1-8(2,3)15-7(11)10-4-6(5-14-10)9(12)13/h5,12-13H,4H2,1-3H3. The van der Waals surface area contributed by atoms with E-state index in [4.69, 9.17) is 19.6 Å². The molecule has 0 saturated carbocycles. The summed E-state index contributed by atoms with van der Waals surface area (Å²) in [5, 5.41) is 18.5. The van der Waals surface area contributed by atoms with Gasteiger partial charge in [0.15, 0.2) is 0 Å². The molecule has 15 heavy (non-hydrogen) atoms. The Morgan fingerprint density at radius 1 is 1.60 bits per heavy atom. The predicted octanol–water partition coefficient (Wildman–Crippen LogP) is 0.0646. The van der Waals surface area contributed by atoms with Crippen molar-refractivity contribution < 1.29 is 24.4 Å². The fraction of sp³-hybridized carbons (Fsp3) is 0.625. The van der Waals surface area contributed by atoms with Gasteiger partial charge >= 0.3 is 13.2 Å². The first-order valence-corrected chi connectivity index (χ1v) is 4.52. The van der Waals surface area contributed by atoms with Crippen LogP contribution < -0.4 is 0 Å². The van der Waals surface area contributed by atoms with Crippen LogP contribution in [0.2, 0.25) is 0 Å². The highest BCUT2D eigenvalue weighted by molar-refractivity contribution is 6.50. The number of rotatable bonds is 1. The van der Waals surface area contributed by atoms with Crippen molar-refractivity contribution in [2.75, 3.05) is 6.54 Å². The van der Waals surface area contributed by atoms with Crippen LogP contribution >= 0.6 is 0 Å². The van der Waals surface area contributed by atoms with Crippen LogP contribution in [0.3, 0.4) is 0 Å². The van der Waals surface area contributed by atoms with E-state index in [0.717, 1.165) is 11.3 Å². The van der Waals surface area contributed by atoms with Crippen LogP contribution in [0.25, 0.3) is 0 Å². The summed E-state index contributed by atoms with van der Waals surface area (Å²) in [5.41, 5.74) is -0.401. The second-order valence-corrected chi connectivity index (χ2v) is 4.19. The van der Waals surface area contributed by atoms with E-state index in [1.54, 1.807) is 20.8 Å². The first-order chi connectivity index (χ1) is 6.79. The highest BCUT2D eigenvalue weighted by atomic mass is 16.7. The molecule has 0 unspecified atom stereocenters. The van der Waals surface area contributed by atoms with Gasteiger partial charge in [0, 0.05) is 5.47 Å². The smallest absolute Gasteiger partial charge is 0.442 e. The van der Waals surface area contributed by atoms with Gasteiger partial charge in [0.1, 0.15) is 11.9 Å². The summed E-state index contributed by atoms with van der Waals surface area (Å²) in [4.78, 5) is 16.2. The number of carbonyl (C=O) groups excluding carboxylic acids is 1. The van der Waals surface area contributed by atoms with Crippen LogP contribution in [0, 0.1) is 0 Å². The van der Waals surface area contributed by atoms with Gasteiger partial charge in [-0.3, -0.25) is 0 Å². The number of amides is 1. The van der Waals surface area contributed by atoms with Gasteiger partial charge in [-0.15, -0.1) is 5.06 Å². The van der Waals surface area contributed by atoms with Gasteiger partial charge in [-0.25, -0.2) is 4.79 Å². The molecule has 0 saturated heterocycles. The van der Waals surface area contributed by atoms with Gasteiger partial charge in [0.2, 0.25) is 0 Å². The zero-order valence-corrected chi connectivity index (χ0v) is 8.93. The molecule has 0 atom stereocenters. The Morgan fingerprint density at radius 2 is 2.20 bits per heavy atom. The molecule has 0 radical (unpaired) electrons. The van der Waals surface area contributed by atoms with Crippen LogP contribution in [-0.4, -0.2) is 40.5 Å². The zero-order valence-electron chi connectivity index (χ0n) is 8.93. The highest BCUT2D eigenvalue weighted by Gasteiger charge is 2.31. The van der Waals surface area contributed by atoms with Gasteiger partial charge in [0.05, 0.1) is 6.54 Å². The Hall–Kier alpha value is -1.21. The van der Waals surface area contributed by atoms with E-state index >= 15 is 0 Å². The molecular formula is C8H14BNO5. The van der Waals surface area contributed by atoms with E-state index < -0.39 is 18.8 Å². The minimum Gasteiger partial charge on any atom is -0.442 e. The molecule has 0 spiro atoms. The second kappa shape index (κ2) is 4.12. The van der Waals surface area contributed by atoms with E-state index in [1.807, 2.05) is 0 Å². The lowest BCUT2D eigenvalue weighted by Gasteiger charge is -2.23. The van der Waals surface area contributed by atoms with Crippen molar-refractivity contribution >= 4 is 13.2 Å². The molecule has 0 bridgehead atoms. The van der Waals surface area contributed by atoms with Crippen LogP contribution in [0.5, 0.6) is 0 Å². The minimum atomic E-state index is -1.61. The molecule has 0 aromatic rings. The van der Waals surface area contributed by atoms with Crippen molar-refractivity contribution in [1.82, 2.24) is 5.06 Å². The number of hydrogen-bond acceptors (Lipinski definition) is 5. The summed E-state index contributed by atoms with van der Waals surface area (Å²) in [7, 11) is -1.61. The molecule has 1 heterocycles. The van der Waals surface area contributed by atoms with E-state index in [2.05, 4.69) is 0 Å². The summed E-state index contributed by atoms with van der Waals surface area (Å²) in [5.74, 6) is 0. The quantitative estimate of drug-likeness (QED) is 0.604. The lowest BCUT2D eigenvalue weighted by molar-refractivity contribution is -0.0830. The van der Waals surface area contributed by atoms with E-state index in [1.165, 1.54) is 0 Å². The van der Waals surface area contributed by atoms with Crippen LogP contribution in [0.1, 0.15) is 20.8 Å². The van der Waals surface area contributed by atoms with Crippen molar-refractivity contribution in [3.05, 3.63) is 11.7 Å². The Morgan fingerprint density at radius 3 is 2.60 bits per heavy atom. The molecule has 0 aliphatic carbocycles. The third kappa shape index (κ3) is 3.45. The average Bonchev–Trinajstić information content (AvgIpc) is 2.47. The third-order valence-electron chi connectivity index (χ3n) is 1.59. The van der Waals surface area contributed by atoms with Gasteiger partial charge in [0.25, 0.3) is 0 Å². The SMILES string of the molecule is CC(C)(C)OC(=O)N1CC(B(O)O)=CO1. The summed E-state index contributed by atoms with van der Waals surface area (Å²) in [6.07, 6.45) is 0.462. The molecule has 1 aliphatic rings. The van der Waals surface area contributed by atoms with E-state index in [9.17, 15) is 4.79 Å². The van der Waals surface area contributed by atoms with Crippen molar-refractivity contribution in [2.24, 2.45) is 0 Å². The molecule has 1 rings (SSSR count). The number of nitrogens with zero attached hydrogens (tertiary/aromatic N) is 1. The van der Waals surface area contributed by atoms with E-state index in [0.29, 0.717) is 0 Å². The van der Waals surface area contributed by atoms with Crippen LogP contribution in [0.15, 0.2) is 11.7 Å². The Kier molecular flexibility index (Phi) is 3.26. The maximum atomic E-state index is 11.4. The maximum absolute atomic E-state index is 11.4. The monoisotopic (exact) mass is 215 g/mol. The molecule has 0 fully saturated rings. The van der Waals surface area contributed by atoms with Crippen molar-refractivity contribution in [1.29, 1.82) is 0 Å². The Bertz CT molecular complexity index is 283. The summed E-state index contributed by atoms with van der Waals surface area (Å²) < 4.78 is 5.02. The lowest BCUT2D eigenvalue weighted by Crippen LogP contribution is -2.35. The van der Waals surface area contributed by atoms with Crippen molar-refractivity contribution in [3.63, 3.8) is 0 Å². The molecule has 1 amide bonds. The normalized spacial score (nSPS) is 15.8. The average molecular weight is 215 g/mol. The lowest BCUT2D eigenvalue weighted by atomic mass is 9.80. The summed E-state index contributed by atoms with van der Waals surface area (Å²) in [6.45, 7) is 5.19. The van der Waals surface area contributed by atoms with Gasteiger partial charge in [-0.2, -0.15) is 0 Å². The first kappa shape index (κ1) is 11.9. The molecule has 0 aromatic heterocycles. The maximum Gasteiger partial charge on any atom is 0.489 e. The van der Waals surface area contributed by atoms with Gasteiger partial charge in [-0.05, 0) is 20.8 Å². The third-order valence-corrected chi connectivity index (χ3v) is 1.59. The molecule has 1 aliphatic heterocycles. The highest BCUT2D eigenvalue weighted by Crippen LogP contribution is 2.16. The molecule has 2 N–H and O–H groups in total. The summed E-state index contributed by atoms with van der Waals surface area (Å²) >= 11 is 0. The first-order valence-electron chi connectivity index (χ1n) is 4.52. The number of carbonyl (C=O) groups is 1. The predicted molar refractivity (Wildman–Crippen MR) is 52.3 cm³/mol. The number of hydroxylamine groups is 2. The van der Waals surface area contributed by atoms with Crippen molar-refractivity contribution in [3.8, 4) is 0 Å². The number of ether oxygens (including phenoxy) is 1. The van der Waals surface area contributed by atoms with E-state index in [-0.39, 0.29) is 12.0 Å². The molecule has 84 valence electrons. The van der Waals surface area contributed by atoms with Gasteiger partial charge in [-0.1, -0.05) is 0 Å². The van der Waals surface area contributed by atoms with Crippen LogP contribution in [-0.2, 0) is 9.57 Å². The topological polar surface area (TPSA) is 79.2 Å². The Labute approximate surface area is 88.2 Å². The fourth-order valence-electron chi connectivity index (χ4n) is 0.935. The summed E-state index contributed by atoms with van der Waals surface area (Å²) in [6, 6.07) is 0.